The van der Waals surface area contributed by atoms with Gasteiger partial charge in [0.25, 0.3) is 0 Å². The highest BCUT2D eigenvalue weighted by Gasteiger charge is 2.32. The average molecular weight is 210 g/mol. The first-order chi connectivity index (χ1) is 7.12. The van der Waals surface area contributed by atoms with Gasteiger partial charge in [0.2, 0.25) is 0 Å². The standard InChI is InChI=1S/C13H26N2/c1-12(7-9-14-10-8-12)11-15-13(2)5-3-4-6-13/h14-15H,3-11H2,1-2H3. The highest BCUT2D eigenvalue weighted by Crippen LogP contribution is 2.32. The topological polar surface area (TPSA) is 24.1 Å². The molecule has 0 aromatic carbocycles. The molecule has 2 heteroatoms. The minimum Gasteiger partial charge on any atom is -0.317 e. The molecule has 0 atom stereocenters. The van der Waals surface area contributed by atoms with Gasteiger partial charge in [-0.25, -0.2) is 0 Å². The van der Waals surface area contributed by atoms with Gasteiger partial charge in [-0.2, -0.15) is 0 Å². The minimum absolute atomic E-state index is 0.452. The monoisotopic (exact) mass is 210 g/mol. The molecule has 2 aliphatic rings. The zero-order valence-corrected chi connectivity index (χ0v) is 10.4. The second-order valence-corrected chi connectivity index (χ2v) is 6.18. The number of piperidine rings is 1. The Kier molecular flexibility index (Phi) is 3.36. The highest BCUT2D eigenvalue weighted by molar-refractivity contribution is 4.91. The second kappa shape index (κ2) is 4.42. The summed E-state index contributed by atoms with van der Waals surface area (Å²) in [5.41, 5.74) is 0.991. The second-order valence-electron chi connectivity index (χ2n) is 6.18. The van der Waals surface area contributed by atoms with Crippen molar-refractivity contribution in [2.24, 2.45) is 5.41 Å². The summed E-state index contributed by atoms with van der Waals surface area (Å²) in [7, 11) is 0. The van der Waals surface area contributed by atoms with Crippen molar-refractivity contribution >= 4 is 0 Å². The van der Waals surface area contributed by atoms with Crippen LogP contribution in [0, 0.1) is 5.41 Å². The molecule has 0 spiro atoms. The molecule has 1 saturated carbocycles. The van der Waals surface area contributed by atoms with Crippen molar-refractivity contribution in [1.29, 1.82) is 0 Å². The molecule has 15 heavy (non-hydrogen) atoms. The molecule has 2 nitrogen and oxygen atoms in total. The third-order valence-electron chi connectivity index (χ3n) is 4.46. The first-order valence-electron chi connectivity index (χ1n) is 6.58. The van der Waals surface area contributed by atoms with Crippen LogP contribution in [0.25, 0.3) is 0 Å². The van der Waals surface area contributed by atoms with Gasteiger partial charge >= 0.3 is 0 Å². The molecule has 0 aromatic rings. The molecule has 0 bridgehead atoms. The fourth-order valence-corrected chi connectivity index (χ4v) is 2.97. The van der Waals surface area contributed by atoms with Crippen LogP contribution in [0.3, 0.4) is 0 Å². The number of hydrogen-bond donors (Lipinski definition) is 2. The lowest BCUT2D eigenvalue weighted by molar-refractivity contribution is 0.192. The van der Waals surface area contributed by atoms with Gasteiger partial charge in [-0.05, 0) is 51.1 Å². The summed E-state index contributed by atoms with van der Waals surface area (Å²) in [6.45, 7) is 8.47. The van der Waals surface area contributed by atoms with E-state index in [0.29, 0.717) is 11.0 Å². The molecule has 88 valence electrons. The van der Waals surface area contributed by atoms with E-state index in [1.54, 1.807) is 0 Å². The number of rotatable bonds is 3. The number of nitrogens with one attached hydrogen (secondary N) is 2. The summed E-state index contributed by atoms with van der Waals surface area (Å²) in [5, 5.41) is 7.29. The van der Waals surface area contributed by atoms with Crippen molar-refractivity contribution in [2.75, 3.05) is 19.6 Å². The fraction of sp³-hybridized carbons (Fsp3) is 1.00. The molecule has 1 aliphatic carbocycles. The molecule has 0 aromatic heterocycles. The van der Waals surface area contributed by atoms with Crippen LogP contribution in [0.1, 0.15) is 52.4 Å². The lowest BCUT2D eigenvalue weighted by Crippen LogP contribution is -2.48. The van der Waals surface area contributed by atoms with E-state index in [1.807, 2.05) is 0 Å². The van der Waals surface area contributed by atoms with Crippen molar-refractivity contribution in [3.63, 3.8) is 0 Å². The summed E-state index contributed by atoms with van der Waals surface area (Å²) < 4.78 is 0. The van der Waals surface area contributed by atoms with Crippen LogP contribution in [0.2, 0.25) is 0 Å². The van der Waals surface area contributed by atoms with Crippen molar-refractivity contribution in [2.45, 2.75) is 57.9 Å². The van der Waals surface area contributed by atoms with Crippen LogP contribution in [0.4, 0.5) is 0 Å². The summed E-state index contributed by atoms with van der Waals surface area (Å²) in [6.07, 6.45) is 8.25. The van der Waals surface area contributed by atoms with E-state index in [9.17, 15) is 0 Å². The van der Waals surface area contributed by atoms with E-state index >= 15 is 0 Å². The Morgan fingerprint density at radius 2 is 1.60 bits per heavy atom. The molecule has 1 heterocycles. The van der Waals surface area contributed by atoms with Gasteiger partial charge in [-0.15, -0.1) is 0 Å². The van der Waals surface area contributed by atoms with Gasteiger partial charge in [-0.1, -0.05) is 19.8 Å². The molecule has 0 amide bonds. The maximum Gasteiger partial charge on any atom is 0.0153 e. The summed E-state index contributed by atoms with van der Waals surface area (Å²) in [5.74, 6) is 0. The molecule has 2 fully saturated rings. The normalized spacial score (nSPS) is 29.2. The Morgan fingerprint density at radius 1 is 1.00 bits per heavy atom. The Labute approximate surface area is 94.2 Å². The third-order valence-corrected chi connectivity index (χ3v) is 4.46. The lowest BCUT2D eigenvalue weighted by atomic mass is 9.80. The molecule has 1 saturated heterocycles. The van der Waals surface area contributed by atoms with E-state index in [1.165, 1.54) is 58.2 Å². The molecule has 0 unspecified atom stereocenters. The Bertz CT molecular complexity index is 201. The zero-order chi connectivity index (χ0) is 10.8. The highest BCUT2D eigenvalue weighted by atomic mass is 15.0. The van der Waals surface area contributed by atoms with E-state index in [0.717, 1.165) is 0 Å². The Hall–Kier alpha value is -0.0800. The van der Waals surface area contributed by atoms with E-state index in [-0.39, 0.29) is 0 Å². The zero-order valence-electron chi connectivity index (χ0n) is 10.4. The van der Waals surface area contributed by atoms with Crippen molar-refractivity contribution in [3.05, 3.63) is 0 Å². The smallest absolute Gasteiger partial charge is 0.0153 e. The SMILES string of the molecule is CC1(CNC2(C)CCCC2)CCNCC1. The van der Waals surface area contributed by atoms with Crippen LogP contribution >= 0.6 is 0 Å². The van der Waals surface area contributed by atoms with Crippen LogP contribution in [-0.4, -0.2) is 25.2 Å². The van der Waals surface area contributed by atoms with Crippen LogP contribution in [0.5, 0.6) is 0 Å². The van der Waals surface area contributed by atoms with Gasteiger partial charge < -0.3 is 10.6 Å². The predicted molar refractivity (Wildman–Crippen MR) is 65.1 cm³/mol. The summed E-state index contributed by atoms with van der Waals surface area (Å²) in [4.78, 5) is 0. The van der Waals surface area contributed by atoms with E-state index in [4.69, 9.17) is 0 Å². The Morgan fingerprint density at radius 3 is 2.20 bits per heavy atom. The van der Waals surface area contributed by atoms with Crippen molar-refractivity contribution in [3.8, 4) is 0 Å². The van der Waals surface area contributed by atoms with Crippen molar-refractivity contribution < 1.29 is 0 Å². The van der Waals surface area contributed by atoms with Crippen molar-refractivity contribution in [1.82, 2.24) is 10.6 Å². The maximum absolute atomic E-state index is 3.84. The third kappa shape index (κ3) is 2.94. The first-order valence-corrected chi connectivity index (χ1v) is 6.58. The molecule has 1 aliphatic heterocycles. The Balaban J connectivity index is 1.80. The molecular weight excluding hydrogens is 184 g/mol. The van der Waals surface area contributed by atoms with Crippen LogP contribution in [0.15, 0.2) is 0 Å². The van der Waals surface area contributed by atoms with E-state index < -0.39 is 0 Å². The van der Waals surface area contributed by atoms with Gasteiger partial charge in [0.1, 0.15) is 0 Å². The summed E-state index contributed by atoms with van der Waals surface area (Å²) >= 11 is 0. The van der Waals surface area contributed by atoms with Gasteiger partial charge in [0.05, 0.1) is 0 Å². The van der Waals surface area contributed by atoms with Gasteiger partial charge in [0, 0.05) is 12.1 Å². The minimum atomic E-state index is 0.452. The van der Waals surface area contributed by atoms with Crippen LogP contribution in [-0.2, 0) is 0 Å². The lowest BCUT2D eigenvalue weighted by Gasteiger charge is -2.38. The first kappa shape index (κ1) is 11.4. The van der Waals surface area contributed by atoms with Gasteiger partial charge in [-0.3, -0.25) is 0 Å². The van der Waals surface area contributed by atoms with Crippen LogP contribution < -0.4 is 10.6 Å². The maximum atomic E-state index is 3.84. The van der Waals surface area contributed by atoms with E-state index in [2.05, 4.69) is 24.5 Å². The van der Waals surface area contributed by atoms with Gasteiger partial charge in [0.15, 0.2) is 0 Å². The largest absolute Gasteiger partial charge is 0.317 e. The predicted octanol–water partition coefficient (Wildman–Crippen LogP) is 2.30. The molecule has 0 radical (unpaired) electrons. The molecule has 2 rings (SSSR count). The summed E-state index contributed by atoms with van der Waals surface area (Å²) in [6, 6.07) is 0. The number of hydrogen-bond acceptors (Lipinski definition) is 2. The quantitative estimate of drug-likeness (QED) is 0.747. The molecular formula is C13H26N2. The fourth-order valence-electron chi connectivity index (χ4n) is 2.97. The molecule has 2 N–H and O–H groups in total. The average Bonchev–Trinajstić information content (AvgIpc) is 2.65.